The van der Waals surface area contributed by atoms with E-state index in [4.69, 9.17) is 15.5 Å². The van der Waals surface area contributed by atoms with Gasteiger partial charge in [-0.1, -0.05) is 6.92 Å². The van der Waals surface area contributed by atoms with Gasteiger partial charge < -0.3 is 15.4 Å². The van der Waals surface area contributed by atoms with Crippen LogP contribution in [0.2, 0.25) is 0 Å². The lowest BCUT2D eigenvalue weighted by atomic mass is 9.94. The smallest absolute Gasteiger partial charge is 0.397 e. The standard InChI is InChI=1S/C26H36F3N7O3S/c1-16-12-25(5,6)35(14-16)22-18(23(37)34-40(38)19(13-31-7)17(2)30)8-9-20(32-22)36-11-10-21(33-36)39-15-24(3,4)26(27,28)29/h8-11,13,16H,12,14-15,30H2,1-7H3,(H,34,37)/b19-17+,31-13?/t16-,40?/m0/s1. The number of ether oxygens (including phenoxy) is 1. The number of nitrogens with zero attached hydrogens (tertiary/aromatic N) is 5. The van der Waals surface area contributed by atoms with Gasteiger partial charge in [0, 0.05) is 43.3 Å². The number of anilines is 1. The van der Waals surface area contributed by atoms with Crippen LogP contribution in [-0.4, -0.2) is 63.0 Å². The molecule has 0 aromatic carbocycles. The Hall–Kier alpha value is -3.42. The normalized spacial score (nSPS) is 19.1. The van der Waals surface area contributed by atoms with Crippen LogP contribution in [0.3, 0.4) is 0 Å². The van der Waals surface area contributed by atoms with Gasteiger partial charge in [-0.15, -0.1) is 5.10 Å². The molecule has 10 nitrogen and oxygen atoms in total. The minimum atomic E-state index is -4.44. The molecule has 3 N–H and O–H groups in total. The lowest BCUT2D eigenvalue weighted by Gasteiger charge is -2.34. The summed E-state index contributed by atoms with van der Waals surface area (Å²) < 4.78 is 61.7. The van der Waals surface area contributed by atoms with Gasteiger partial charge in [-0.05, 0) is 59.1 Å². The Morgan fingerprint density at radius 3 is 2.55 bits per heavy atom. The van der Waals surface area contributed by atoms with E-state index in [2.05, 4.69) is 21.7 Å². The Labute approximate surface area is 234 Å². The molecule has 0 spiro atoms. The number of amides is 1. The molecule has 2 atom stereocenters. The van der Waals surface area contributed by atoms with Gasteiger partial charge >= 0.3 is 6.18 Å². The first-order valence-electron chi connectivity index (χ1n) is 12.6. The molecule has 40 heavy (non-hydrogen) atoms. The minimum Gasteiger partial charge on any atom is -0.476 e. The highest BCUT2D eigenvalue weighted by Gasteiger charge is 2.48. The monoisotopic (exact) mass is 583 g/mol. The fraction of sp³-hybridized carbons (Fsp3) is 0.538. The predicted octanol–water partition coefficient (Wildman–Crippen LogP) is 4.14. The Morgan fingerprint density at radius 2 is 2.00 bits per heavy atom. The fourth-order valence-electron chi connectivity index (χ4n) is 4.36. The number of pyridine rings is 1. The lowest BCUT2D eigenvalue weighted by molar-refractivity contribution is -0.219. The Balaban J connectivity index is 1.96. The molecule has 1 saturated heterocycles. The van der Waals surface area contributed by atoms with Gasteiger partial charge in [-0.25, -0.2) is 13.9 Å². The zero-order valence-electron chi connectivity index (χ0n) is 23.7. The van der Waals surface area contributed by atoms with Gasteiger partial charge in [0.1, 0.15) is 12.4 Å². The van der Waals surface area contributed by atoms with Crippen molar-refractivity contribution in [3.05, 3.63) is 40.6 Å². The quantitative estimate of drug-likeness (QED) is 0.425. The Bertz CT molecular complexity index is 1330. The lowest BCUT2D eigenvalue weighted by Crippen LogP contribution is -2.40. The third-order valence-electron chi connectivity index (χ3n) is 6.60. The second-order valence-electron chi connectivity index (χ2n) is 11.2. The molecule has 2 aromatic rings. The first-order valence-corrected chi connectivity index (χ1v) is 13.8. The first kappa shape index (κ1) is 31.1. The van der Waals surface area contributed by atoms with Crippen molar-refractivity contribution in [2.75, 3.05) is 25.1 Å². The van der Waals surface area contributed by atoms with E-state index in [9.17, 15) is 22.2 Å². The number of nitrogens with two attached hydrogens (primary N) is 1. The van der Waals surface area contributed by atoms with Crippen molar-refractivity contribution in [2.24, 2.45) is 22.1 Å². The molecule has 0 saturated carbocycles. The predicted molar refractivity (Wildman–Crippen MR) is 149 cm³/mol. The van der Waals surface area contributed by atoms with Crippen molar-refractivity contribution < 1.29 is 26.9 Å². The molecule has 3 heterocycles. The number of nitrogens with one attached hydrogen (secondary N) is 1. The summed E-state index contributed by atoms with van der Waals surface area (Å²) in [6.07, 6.45) is -0.742. The van der Waals surface area contributed by atoms with Crippen LogP contribution in [0.1, 0.15) is 58.3 Å². The van der Waals surface area contributed by atoms with Gasteiger partial charge in [0.05, 0.1) is 15.9 Å². The molecule has 1 fully saturated rings. The highest BCUT2D eigenvalue weighted by Crippen LogP contribution is 2.39. The van der Waals surface area contributed by atoms with E-state index in [0.29, 0.717) is 24.1 Å². The number of hydrogen-bond acceptors (Lipinski definition) is 8. The van der Waals surface area contributed by atoms with Crippen molar-refractivity contribution in [1.29, 1.82) is 0 Å². The van der Waals surface area contributed by atoms with Crippen LogP contribution in [0.5, 0.6) is 5.88 Å². The molecular formula is C26H36F3N7O3S. The molecule has 1 aliphatic rings. The maximum atomic E-state index is 13.4. The number of aromatic nitrogens is 3. The number of alkyl halides is 3. The Kier molecular flexibility index (Phi) is 9.02. The van der Waals surface area contributed by atoms with Crippen molar-refractivity contribution in [2.45, 2.75) is 59.7 Å². The summed E-state index contributed by atoms with van der Waals surface area (Å²) >= 11 is 0. The summed E-state index contributed by atoms with van der Waals surface area (Å²) in [5.74, 6) is 0.385. The fourth-order valence-corrected chi connectivity index (χ4v) is 5.25. The SMILES string of the molecule is CN=C/C(=C(/C)N)S(=O)NC(=O)c1ccc(-n2ccc(OCC(C)(C)C(F)(F)F)n2)nc1N1C[C@@H](C)CC1(C)C. The molecule has 3 rings (SSSR count). The molecule has 0 radical (unpaired) electrons. The molecule has 0 bridgehead atoms. The average molecular weight is 584 g/mol. The molecule has 2 aromatic heterocycles. The molecule has 1 amide bonds. The molecular weight excluding hydrogens is 547 g/mol. The van der Waals surface area contributed by atoms with E-state index in [-0.39, 0.29) is 27.6 Å². The number of carbonyl (C=O) groups excluding carboxylic acids is 1. The summed E-state index contributed by atoms with van der Waals surface area (Å²) in [6.45, 7) is 9.87. The molecule has 1 unspecified atom stereocenters. The van der Waals surface area contributed by atoms with Gasteiger partial charge in [0.25, 0.3) is 5.91 Å². The maximum absolute atomic E-state index is 13.4. The summed E-state index contributed by atoms with van der Waals surface area (Å²) in [4.78, 5) is 24.1. The first-order chi connectivity index (χ1) is 18.5. The van der Waals surface area contributed by atoms with Crippen LogP contribution >= 0.6 is 0 Å². The summed E-state index contributed by atoms with van der Waals surface area (Å²) in [5.41, 5.74) is 3.86. The molecule has 14 heteroatoms. The largest absolute Gasteiger partial charge is 0.476 e. The van der Waals surface area contributed by atoms with Gasteiger partial charge in [0.2, 0.25) is 5.88 Å². The number of carbonyl (C=O) groups is 1. The van der Waals surface area contributed by atoms with E-state index < -0.39 is 35.1 Å². The van der Waals surface area contributed by atoms with E-state index in [0.717, 1.165) is 20.3 Å². The van der Waals surface area contributed by atoms with Crippen LogP contribution in [0.4, 0.5) is 19.0 Å². The second-order valence-corrected chi connectivity index (χ2v) is 12.4. The molecule has 0 aliphatic carbocycles. The molecule has 220 valence electrons. The third kappa shape index (κ3) is 6.83. The summed E-state index contributed by atoms with van der Waals surface area (Å²) in [7, 11) is -0.461. The zero-order chi connectivity index (χ0) is 30.0. The van der Waals surface area contributed by atoms with Crippen molar-refractivity contribution in [1.82, 2.24) is 19.5 Å². The van der Waals surface area contributed by atoms with Crippen LogP contribution in [0.15, 0.2) is 40.0 Å². The van der Waals surface area contributed by atoms with Gasteiger partial charge in [-0.3, -0.25) is 14.5 Å². The van der Waals surface area contributed by atoms with Crippen molar-refractivity contribution in [3.8, 4) is 11.7 Å². The molecule has 1 aliphatic heterocycles. The topological polar surface area (TPSA) is 128 Å². The van der Waals surface area contributed by atoms with Crippen LogP contribution in [0, 0.1) is 11.3 Å². The van der Waals surface area contributed by atoms with E-state index in [1.54, 1.807) is 19.1 Å². The maximum Gasteiger partial charge on any atom is 0.397 e. The minimum absolute atomic E-state index is 0.00192. The van der Waals surface area contributed by atoms with Crippen LogP contribution < -0.4 is 20.1 Å². The number of hydrogen-bond donors (Lipinski definition) is 2. The number of allylic oxidation sites excluding steroid dienone is 2. The van der Waals surface area contributed by atoms with E-state index in [1.165, 1.54) is 30.2 Å². The van der Waals surface area contributed by atoms with Crippen molar-refractivity contribution in [3.63, 3.8) is 0 Å². The second kappa shape index (κ2) is 11.6. The van der Waals surface area contributed by atoms with E-state index >= 15 is 0 Å². The summed E-state index contributed by atoms with van der Waals surface area (Å²) in [6, 6.07) is 4.53. The Morgan fingerprint density at radius 1 is 1.32 bits per heavy atom. The highest BCUT2D eigenvalue weighted by atomic mass is 32.2. The third-order valence-corrected chi connectivity index (χ3v) is 7.80. The number of rotatable bonds is 9. The highest BCUT2D eigenvalue weighted by molar-refractivity contribution is 7.88. The van der Waals surface area contributed by atoms with E-state index in [1.807, 2.05) is 18.7 Å². The van der Waals surface area contributed by atoms with Gasteiger partial charge in [-0.2, -0.15) is 13.2 Å². The van der Waals surface area contributed by atoms with Gasteiger partial charge in [0.15, 0.2) is 16.8 Å². The van der Waals surface area contributed by atoms with Crippen LogP contribution in [0.25, 0.3) is 5.82 Å². The zero-order valence-corrected chi connectivity index (χ0v) is 24.5. The summed E-state index contributed by atoms with van der Waals surface area (Å²) in [5, 5.41) is 4.23. The average Bonchev–Trinajstić information content (AvgIpc) is 3.42. The van der Waals surface area contributed by atoms with Crippen molar-refractivity contribution >= 4 is 28.9 Å². The van der Waals surface area contributed by atoms with Crippen LogP contribution in [-0.2, 0) is 11.0 Å². The number of aliphatic imine (C=N–C) groups is 1. The number of halogens is 3.